The molecule has 4 aromatic carbocycles. The van der Waals surface area contributed by atoms with E-state index in [2.05, 4.69) is 0 Å². The number of rotatable bonds is 8. The van der Waals surface area contributed by atoms with Crippen molar-refractivity contribution in [2.45, 2.75) is 31.8 Å². The van der Waals surface area contributed by atoms with Crippen LogP contribution in [-0.4, -0.2) is 30.3 Å². The Morgan fingerprint density at radius 1 is 0.514 bits per heavy atom. The van der Waals surface area contributed by atoms with E-state index in [-0.39, 0.29) is 12.3 Å². The van der Waals surface area contributed by atoms with Crippen LogP contribution in [0.1, 0.15) is 13.8 Å². The Balaban J connectivity index is 1.55. The summed E-state index contributed by atoms with van der Waals surface area (Å²) in [6.45, 7) is 3.73. The van der Waals surface area contributed by atoms with Crippen LogP contribution in [0.3, 0.4) is 0 Å². The molecule has 0 spiro atoms. The van der Waals surface area contributed by atoms with E-state index in [1.54, 1.807) is 0 Å². The molecule has 37 heavy (non-hydrogen) atoms. The Bertz CT molecular complexity index is 1210. The van der Waals surface area contributed by atoms with Gasteiger partial charge < -0.3 is 18.6 Å². The van der Waals surface area contributed by atoms with E-state index in [1.807, 2.05) is 135 Å². The van der Waals surface area contributed by atoms with E-state index in [4.69, 9.17) is 9.47 Å². The van der Waals surface area contributed by atoms with Gasteiger partial charge in [0.2, 0.25) is 0 Å². The van der Waals surface area contributed by atoms with Crippen molar-refractivity contribution >= 4 is 35.5 Å². The first kappa shape index (κ1) is 25.9. The summed E-state index contributed by atoms with van der Waals surface area (Å²) in [7, 11) is -6.14. The van der Waals surface area contributed by atoms with Gasteiger partial charge in [-0.3, -0.25) is 0 Å². The predicted molar refractivity (Wildman–Crippen MR) is 153 cm³/mol. The van der Waals surface area contributed by atoms with Gasteiger partial charge in [-0.2, -0.15) is 0 Å². The van der Waals surface area contributed by atoms with E-state index < -0.39 is 32.3 Å². The largest absolute Gasteiger partial charge is 0.344 e. The Hall–Kier alpha value is -2.74. The minimum Gasteiger partial charge on any atom is -0.344 e. The summed E-state index contributed by atoms with van der Waals surface area (Å²) in [6.07, 6.45) is -0.471. The standard InChI is InChI=1S/C31H32O4P2/c1-31(2)34-29(23-36(32,25-15-7-3-8-16-25)26-17-9-4-10-18-26)30(35-31)24-37(33,27-19-11-5-12-20-27)28-21-13-6-14-22-28/h3-22,29-30H,23-24H2,1-2H3/t29-,30-/m0/s1. The smallest absolute Gasteiger partial charge is 0.163 e. The minimum absolute atomic E-state index is 0.263. The molecule has 1 aliphatic rings. The van der Waals surface area contributed by atoms with Gasteiger partial charge >= 0.3 is 0 Å². The van der Waals surface area contributed by atoms with Crippen LogP contribution in [0.4, 0.5) is 0 Å². The molecule has 0 saturated carbocycles. The average Bonchev–Trinajstić information content (AvgIpc) is 3.22. The summed E-state index contributed by atoms with van der Waals surface area (Å²) < 4.78 is 42.5. The van der Waals surface area contributed by atoms with Gasteiger partial charge in [0.05, 0.1) is 12.2 Å². The van der Waals surface area contributed by atoms with Gasteiger partial charge in [-0.1, -0.05) is 121 Å². The van der Waals surface area contributed by atoms with Crippen LogP contribution >= 0.6 is 14.3 Å². The van der Waals surface area contributed by atoms with Crippen LogP contribution in [-0.2, 0) is 18.6 Å². The molecule has 190 valence electrons. The number of hydrogen-bond donors (Lipinski definition) is 0. The molecule has 5 rings (SSSR count). The molecule has 0 unspecified atom stereocenters. The molecule has 0 aromatic heterocycles. The highest BCUT2D eigenvalue weighted by molar-refractivity contribution is 7.79. The van der Waals surface area contributed by atoms with Crippen molar-refractivity contribution in [2.75, 3.05) is 12.3 Å². The Kier molecular flexibility index (Phi) is 7.39. The Morgan fingerprint density at radius 2 is 0.757 bits per heavy atom. The number of ether oxygens (including phenoxy) is 2. The highest BCUT2D eigenvalue weighted by Crippen LogP contribution is 2.51. The van der Waals surface area contributed by atoms with Gasteiger partial charge in [-0.25, -0.2) is 0 Å². The first-order chi connectivity index (χ1) is 17.8. The van der Waals surface area contributed by atoms with Gasteiger partial charge in [0.25, 0.3) is 0 Å². The van der Waals surface area contributed by atoms with Crippen LogP contribution < -0.4 is 21.2 Å². The highest BCUT2D eigenvalue weighted by atomic mass is 31.2. The zero-order valence-corrected chi connectivity index (χ0v) is 22.9. The second-order valence-corrected chi connectivity index (χ2v) is 15.7. The van der Waals surface area contributed by atoms with Gasteiger partial charge in [-0.15, -0.1) is 0 Å². The van der Waals surface area contributed by atoms with E-state index in [0.29, 0.717) is 0 Å². The topological polar surface area (TPSA) is 52.6 Å². The molecule has 0 bridgehead atoms. The van der Waals surface area contributed by atoms with E-state index in [9.17, 15) is 9.13 Å². The van der Waals surface area contributed by atoms with Crippen LogP contribution in [0, 0.1) is 0 Å². The lowest BCUT2D eigenvalue weighted by atomic mass is 10.3. The number of hydrogen-bond acceptors (Lipinski definition) is 4. The molecular weight excluding hydrogens is 498 g/mol. The first-order valence-electron chi connectivity index (χ1n) is 12.6. The van der Waals surface area contributed by atoms with Crippen LogP contribution in [0.2, 0.25) is 0 Å². The second-order valence-electron chi connectivity index (χ2n) is 9.90. The summed E-state index contributed by atoms with van der Waals surface area (Å²) in [6, 6.07) is 38.4. The average molecular weight is 531 g/mol. The zero-order valence-electron chi connectivity index (χ0n) is 21.1. The molecule has 4 nitrogen and oxygen atoms in total. The fourth-order valence-corrected chi connectivity index (χ4v) is 10.8. The quantitative estimate of drug-likeness (QED) is 0.281. The fraction of sp³-hybridized carbons (Fsp3) is 0.226. The first-order valence-corrected chi connectivity index (χ1v) is 16.3. The van der Waals surface area contributed by atoms with Crippen LogP contribution in [0.15, 0.2) is 121 Å². The molecule has 1 heterocycles. The summed E-state index contributed by atoms with van der Waals surface area (Å²) >= 11 is 0. The minimum atomic E-state index is -3.07. The van der Waals surface area contributed by atoms with Crippen LogP contribution in [0.5, 0.6) is 0 Å². The van der Waals surface area contributed by atoms with E-state index >= 15 is 0 Å². The van der Waals surface area contributed by atoms with Crippen molar-refractivity contribution in [3.05, 3.63) is 121 Å². The molecule has 0 radical (unpaired) electrons. The molecule has 0 amide bonds. The summed E-state index contributed by atoms with van der Waals surface area (Å²) in [5, 5.41) is 3.12. The van der Waals surface area contributed by atoms with Gasteiger partial charge in [0, 0.05) is 33.5 Å². The third kappa shape index (κ3) is 5.44. The van der Waals surface area contributed by atoms with Crippen molar-refractivity contribution in [2.24, 2.45) is 0 Å². The van der Waals surface area contributed by atoms with Crippen LogP contribution in [0.25, 0.3) is 0 Å². The molecular formula is C31H32O4P2. The Morgan fingerprint density at radius 3 is 1.00 bits per heavy atom. The SMILES string of the molecule is CC1(C)O[C@@H](CP(=O)(c2ccccc2)c2ccccc2)[C@H](CP(=O)(c2ccccc2)c2ccccc2)O1. The monoisotopic (exact) mass is 530 g/mol. The summed E-state index contributed by atoms with van der Waals surface area (Å²) in [5.74, 6) is -0.883. The third-order valence-electron chi connectivity index (χ3n) is 6.85. The van der Waals surface area contributed by atoms with Crippen molar-refractivity contribution in [1.82, 2.24) is 0 Å². The maximum absolute atomic E-state index is 14.8. The van der Waals surface area contributed by atoms with E-state index in [0.717, 1.165) is 21.2 Å². The molecule has 1 fully saturated rings. The second kappa shape index (κ2) is 10.6. The fourth-order valence-electron chi connectivity index (χ4n) is 5.12. The van der Waals surface area contributed by atoms with Gasteiger partial charge in [0.1, 0.15) is 14.3 Å². The molecule has 1 saturated heterocycles. The van der Waals surface area contributed by atoms with Gasteiger partial charge in [0.15, 0.2) is 5.79 Å². The van der Waals surface area contributed by atoms with Gasteiger partial charge in [-0.05, 0) is 13.8 Å². The van der Waals surface area contributed by atoms with Crippen molar-refractivity contribution < 1.29 is 18.6 Å². The number of benzene rings is 4. The normalized spacial score (nSPS) is 19.5. The Labute approximate surface area is 219 Å². The molecule has 2 atom stereocenters. The molecule has 0 N–H and O–H groups in total. The van der Waals surface area contributed by atoms with Crippen molar-refractivity contribution in [1.29, 1.82) is 0 Å². The maximum Gasteiger partial charge on any atom is 0.163 e. The zero-order chi connectivity index (χ0) is 25.9. The van der Waals surface area contributed by atoms with E-state index in [1.165, 1.54) is 0 Å². The lowest BCUT2D eigenvalue weighted by Crippen LogP contribution is -2.36. The third-order valence-corrected chi connectivity index (χ3v) is 13.1. The lowest BCUT2D eigenvalue weighted by Gasteiger charge is -2.27. The van der Waals surface area contributed by atoms with Crippen molar-refractivity contribution in [3.63, 3.8) is 0 Å². The summed E-state index contributed by atoms with van der Waals surface area (Å²) in [5.41, 5.74) is 0. The lowest BCUT2D eigenvalue weighted by molar-refractivity contribution is -0.142. The highest BCUT2D eigenvalue weighted by Gasteiger charge is 2.48. The molecule has 6 heteroatoms. The maximum atomic E-state index is 14.8. The molecule has 1 aliphatic heterocycles. The molecule has 0 aliphatic carbocycles. The van der Waals surface area contributed by atoms with Crippen molar-refractivity contribution in [3.8, 4) is 0 Å². The predicted octanol–water partition coefficient (Wildman–Crippen LogP) is 5.53. The molecule has 4 aromatic rings. The summed E-state index contributed by atoms with van der Waals surface area (Å²) in [4.78, 5) is 0.